The first-order valence-electron chi connectivity index (χ1n) is 12.1. The molecular formula is C23H30N6O3S. The molecule has 0 atom stereocenters. The summed E-state index contributed by atoms with van der Waals surface area (Å²) in [6, 6.07) is 6.54. The van der Waals surface area contributed by atoms with Gasteiger partial charge in [0.1, 0.15) is 6.33 Å². The van der Waals surface area contributed by atoms with Crippen LogP contribution >= 0.6 is 0 Å². The van der Waals surface area contributed by atoms with Gasteiger partial charge in [-0.1, -0.05) is 0 Å². The zero-order chi connectivity index (χ0) is 22.6. The molecule has 1 N–H and O–H groups in total. The summed E-state index contributed by atoms with van der Waals surface area (Å²) < 4.78 is 29.3. The zero-order valence-corrected chi connectivity index (χ0v) is 19.5. The topological polar surface area (TPSA) is 110 Å². The van der Waals surface area contributed by atoms with E-state index in [1.165, 1.54) is 34.6 Å². The van der Waals surface area contributed by atoms with E-state index < -0.39 is 10.0 Å². The first kappa shape index (κ1) is 21.2. The van der Waals surface area contributed by atoms with Gasteiger partial charge in [-0.3, -0.25) is 4.79 Å². The molecule has 2 aromatic rings. The van der Waals surface area contributed by atoms with Gasteiger partial charge in [0, 0.05) is 24.5 Å². The third-order valence-corrected chi connectivity index (χ3v) is 10.3. The van der Waals surface area contributed by atoms with Gasteiger partial charge < -0.3 is 5.32 Å². The first-order valence-corrected chi connectivity index (χ1v) is 13.5. The Labute approximate surface area is 194 Å². The van der Waals surface area contributed by atoms with E-state index in [0.717, 1.165) is 37.0 Å². The highest BCUT2D eigenvalue weighted by Crippen LogP contribution is 2.55. The Kier molecular flexibility index (Phi) is 5.06. The summed E-state index contributed by atoms with van der Waals surface area (Å²) >= 11 is 0. The molecule has 0 spiro atoms. The minimum absolute atomic E-state index is 0.0103. The number of hydrogen-bond acceptors (Lipinski definition) is 6. The van der Waals surface area contributed by atoms with Crippen LogP contribution in [0.4, 0.5) is 0 Å². The summed E-state index contributed by atoms with van der Waals surface area (Å²) in [4.78, 5) is 13.4. The number of carbonyl (C=O) groups excluding carboxylic acids is 1. The number of tetrazole rings is 1. The van der Waals surface area contributed by atoms with E-state index >= 15 is 0 Å². The number of hydrogen-bond donors (Lipinski definition) is 1. The van der Waals surface area contributed by atoms with Crippen LogP contribution in [-0.4, -0.2) is 57.5 Å². The fourth-order valence-corrected chi connectivity index (χ4v) is 8.65. The highest BCUT2D eigenvalue weighted by molar-refractivity contribution is 7.89. The number of aromatic nitrogens is 4. The van der Waals surface area contributed by atoms with Gasteiger partial charge in [-0.15, -0.1) is 5.10 Å². The molecule has 0 radical (unpaired) electrons. The summed E-state index contributed by atoms with van der Waals surface area (Å²) in [6.45, 7) is 0.742. The molecule has 10 heteroatoms. The fraction of sp³-hybridized carbons (Fsp3) is 0.652. The average molecular weight is 471 g/mol. The number of amides is 1. The first-order chi connectivity index (χ1) is 15.9. The molecule has 5 fully saturated rings. The molecule has 1 aromatic carbocycles. The SMILES string of the molecule is O=C(NC12CC3CC(CC(C3)C1)C2)C1CCN(S(=O)(=O)c2ccc(-n3cnnn3)cc2)CC1. The van der Waals surface area contributed by atoms with Crippen LogP contribution in [0, 0.1) is 23.7 Å². The van der Waals surface area contributed by atoms with Crippen molar-refractivity contribution in [3.05, 3.63) is 30.6 Å². The molecule has 1 amide bonds. The standard InChI is InChI=1S/C23H30N6O3S/c30-22(25-23-12-16-9-17(13-23)11-18(10-16)14-23)19-5-7-28(8-6-19)33(31,32)21-3-1-20(2-4-21)29-15-24-26-27-29/h1-4,15-19H,5-14H2,(H,25,30). The summed E-state index contributed by atoms with van der Waals surface area (Å²) in [7, 11) is -3.60. The Balaban J connectivity index is 1.08. The third kappa shape index (κ3) is 3.86. The predicted molar refractivity (Wildman–Crippen MR) is 120 cm³/mol. The zero-order valence-electron chi connectivity index (χ0n) is 18.6. The van der Waals surface area contributed by atoms with Crippen molar-refractivity contribution in [2.45, 2.75) is 61.8 Å². The minimum Gasteiger partial charge on any atom is -0.350 e. The number of nitrogens with zero attached hydrogens (tertiary/aromatic N) is 5. The van der Waals surface area contributed by atoms with Gasteiger partial charge in [-0.25, -0.2) is 13.1 Å². The van der Waals surface area contributed by atoms with Gasteiger partial charge in [-0.05, 0) is 104 Å². The van der Waals surface area contributed by atoms with Crippen LogP contribution in [0.25, 0.3) is 5.69 Å². The van der Waals surface area contributed by atoms with E-state index in [9.17, 15) is 13.2 Å². The van der Waals surface area contributed by atoms with E-state index in [1.54, 1.807) is 24.3 Å². The van der Waals surface area contributed by atoms with Crippen LogP contribution in [0.15, 0.2) is 35.5 Å². The Morgan fingerprint density at radius 1 is 0.970 bits per heavy atom. The fourth-order valence-electron chi connectivity index (χ4n) is 7.19. The maximum Gasteiger partial charge on any atom is 0.243 e. The molecule has 9 nitrogen and oxygen atoms in total. The Bertz CT molecular complexity index is 1090. The number of benzene rings is 1. The molecule has 1 saturated heterocycles. The maximum atomic E-state index is 13.2. The predicted octanol–water partition coefficient (Wildman–Crippen LogP) is 2.15. The van der Waals surface area contributed by atoms with Gasteiger partial charge >= 0.3 is 0 Å². The largest absolute Gasteiger partial charge is 0.350 e. The van der Waals surface area contributed by atoms with E-state index in [4.69, 9.17) is 0 Å². The van der Waals surface area contributed by atoms with Crippen molar-refractivity contribution in [1.82, 2.24) is 29.8 Å². The van der Waals surface area contributed by atoms with Crippen molar-refractivity contribution in [2.24, 2.45) is 23.7 Å². The second-order valence-electron chi connectivity index (χ2n) is 10.6. The van der Waals surface area contributed by atoms with Crippen molar-refractivity contribution in [3.63, 3.8) is 0 Å². The maximum absolute atomic E-state index is 13.2. The van der Waals surface area contributed by atoms with Gasteiger partial charge in [0.15, 0.2) is 0 Å². The normalized spacial score (nSPS) is 32.2. The van der Waals surface area contributed by atoms with Gasteiger partial charge in [0.2, 0.25) is 15.9 Å². The summed E-state index contributed by atoms with van der Waals surface area (Å²) in [6.07, 6.45) is 10.1. The second kappa shape index (κ2) is 7.87. The molecule has 4 aliphatic carbocycles. The number of rotatable bonds is 5. The van der Waals surface area contributed by atoms with Crippen molar-refractivity contribution < 1.29 is 13.2 Å². The lowest BCUT2D eigenvalue weighted by Crippen LogP contribution is -2.61. The molecule has 33 heavy (non-hydrogen) atoms. The van der Waals surface area contributed by atoms with Crippen LogP contribution in [0.2, 0.25) is 0 Å². The van der Waals surface area contributed by atoms with Crippen molar-refractivity contribution in [3.8, 4) is 5.69 Å². The molecule has 5 aliphatic rings. The average Bonchev–Trinajstić information content (AvgIpc) is 3.33. The second-order valence-corrected chi connectivity index (χ2v) is 12.6. The van der Waals surface area contributed by atoms with E-state index in [1.807, 2.05) is 0 Å². The van der Waals surface area contributed by atoms with Gasteiger partial charge in [0.05, 0.1) is 10.6 Å². The van der Waals surface area contributed by atoms with Crippen molar-refractivity contribution >= 4 is 15.9 Å². The molecule has 1 aromatic heterocycles. The molecule has 176 valence electrons. The van der Waals surface area contributed by atoms with Crippen LogP contribution in [0.1, 0.15) is 51.4 Å². The molecule has 0 unspecified atom stereocenters. The quantitative estimate of drug-likeness (QED) is 0.717. The van der Waals surface area contributed by atoms with Gasteiger partial charge in [0.25, 0.3) is 0 Å². The monoisotopic (exact) mass is 470 g/mol. The minimum atomic E-state index is -3.60. The molecule has 2 heterocycles. The number of piperidine rings is 1. The smallest absolute Gasteiger partial charge is 0.243 e. The highest BCUT2D eigenvalue weighted by Gasteiger charge is 2.52. The lowest BCUT2D eigenvalue weighted by molar-refractivity contribution is -0.132. The lowest BCUT2D eigenvalue weighted by Gasteiger charge is -2.57. The van der Waals surface area contributed by atoms with E-state index in [2.05, 4.69) is 20.8 Å². The lowest BCUT2D eigenvalue weighted by atomic mass is 9.53. The molecular weight excluding hydrogens is 440 g/mol. The number of carbonyl (C=O) groups is 1. The molecule has 1 aliphatic heterocycles. The third-order valence-electron chi connectivity index (χ3n) is 8.34. The Morgan fingerprint density at radius 3 is 2.12 bits per heavy atom. The summed E-state index contributed by atoms with van der Waals surface area (Å²) in [5, 5.41) is 14.5. The molecule has 4 bridgehead atoms. The number of sulfonamides is 1. The summed E-state index contributed by atoms with van der Waals surface area (Å²) in [5.74, 6) is 2.40. The van der Waals surface area contributed by atoms with Crippen LogP contribution in [-0.2, 0) is 14.8 Å². The molecule has 4 saturated carbocycles. The summed E-state index contributed by atoms with van der Waals surface area (Å²) in [5.41, 5.74) is 0.704. The van der Waals surface area contributed by atoms with Crippen molar-refractivity contribution in [2.75, 3.05) is 13.1 Å². The van der Waals surface area contributed by atoms with Crippen LogP contribution in [0.5, 0.6) is 0 Å². The molecule has 7 rings (SSSR count). The van der Waals surface area contributed by atoms with Crippen molar-refractivity contribution in [1.29, 1.82) is 0 Å². The Hall–Kier alpha value is -2.33. The number of nitrogens with one attached hydrogen (secondary N) is 1. The van der Waals surface area contributed by atoms with E-state index in [-0.39, 0.29) is 22.3 Å². The Morgan fingerprint density at radius 2 is 1.58 bits per heavy atom. The van der Waals surface area contributed by atoms with Crippen LogP contribution in [0.3, 0.4) is 0 Å². The van der Waals surface area contributed by atoms with Crippen LogP contribution < -0.4 is 5.32 Å². The highest BCUT2D eigenvalue weighted by atomic mass is 32.2. The van der Waals surface area contributed by atoms with E-state index in [0.29, 0.717) is 31.6 Å². The van der Waals surface area contributed by atoms with Gasteiger partial charge in [-0.2, -0.15) is 4.31 Å².